The minimum atomic E-state index is -0.408. The Balaban J connectivity index is 1.40. The molecule has 5 heteroatoms. The van der Waals surface area contributed by atoms with Gasteiger partial charge in [-0.25, -0.2) is 4.79 Å². The lowest BCUT2D eigenvalue weighted by Crippen LogP contribution is -2.25. The molecule has 27 heavy (non-hydrogen) atoms. The van der Waals surface area contributed by atoms with Crippen LogP contribution in [-0.4, -0.2) is 25.1 Å². The zero-order chi connectivity index (χ0) is 19.1. The van der Waals surface area contributed by atoms with E-state index in [0.717, 1.165) is 36.2 Å². The predicted molar refractivity (Wildman–Crippen MR) is 106 cm³/mol. The van der Waals surface area contributed by atoms with Gasteiger partial charge in [0.2, 0.25) is 5.91 Å². The number of fused-ring (bicyclic) bond motifs is 1. The van der Waals surface area contributed by atoms with Gasteiger partial charge in [0.25, 0.3) is 0 Å². The van der Waals surface area contributed by atoms with E-state index in [1.54, 1.807) is 6.92 Å². The van der Waals surface area contributed by atoms with Crippen molar-refractivity contribution in [2.75, 3.05) is 18.0 Å². The van der Waals surface area contributed by atoms with Crippen molar-refractivity contribution >= 4 is 23.8 Å². The second-order valence-electron chi connectivity index (χ2n) is 6.49. The molecule has 0 bridgehead atoms. The second kappa shape index (κ2) is 9.03. The van der Waals surface area contributed by atoms with Gasteiger partial charge in [-0.15, -0.1) is 0 Å². The Morgan fingerprint density at radius 3 is 2.78 bits per heavy atom. The summed E-state index contributed by atoms with van der Waals surface area (Å²) in [6.07, 6.45) is 5.27. The van der Waals surface area contributed by atoms with Crippen LogP contribution in [0.4, 0.5) is 10.5 Å². The molecule has 5 nitrogen and oxygen atoms in total. The van der Waals surface area contributed by atoms with Gasteiger partial charge in [0.05, 0.1) is 0 Å². The lowest BCUT2D eigenvalue weighted by Gasteiger charge is -2.14. The van der Waals surface area contributed by atoms with Crippen molar-refractivity contribution in [1.29, 1.82) is 0 Å². The first-order valence-electron chi connectivity index (χ1n) is 9.15. The molecule has 0 radical (unpaired) electrons. The molecule has 1 aliphatic rings. The smallest absolute Gasteiger partial charge is 0.407 e. The lowest BCUT2D eigenvalue weighted by atomic mass is 10.1. The number of carbonyl (C=O) groups is 2. The van der Waals surface area contributed by atoms with Gasteiger partial charge in [0, 0.05) is 25.7 Å². The Hall–Kier alpha value is -3.08. The number of nitrogens with one attached hydrogen (secondary N) is 1. The van der Waals surface area contributed by atoms with E-state index in [1.807, 2.05) is 59.5 Å². The third-order valence-corrected chi connectivity index (χ3v) is 4.48. The molecule has 2 amide bonds. The van der Waals surface area contributed by atoms with Crippen molar-refractivity contribution in [2.24, 2.45) is 0 Å². The number of carbonyl (C=O) groups excluding carboxylic acids is 2. The van der Waals surface area contributed by atoms with Crippen LogP contribution in [0.25, 0.3) is 6.08 Å². The van der Waals surface area contributed by atoms with Crippen LogP contribution in [0.2, 0.25) is 0 Å². The van der Waals surface area contributed by atoms with Crippen LogP contribution in [0.1, 0.15) is 30.0 Å². The van der Waals surface area contributed by atoms with Crippen molar-refractivity contribution in [3.63, 3.8) is 0 Å². The van der Waals surface area contributed by atoms with E-state index < -0.39 is 6.09 Å². The lowest BCUT2D eigenvalue weighted by molar-refractivity contribution is -0.116. The van der Waals surface area contributed by atoms with Crippen LogP contribution in [0.15, 0.2) is 54.6 Å². The molecule has 0 spiro atoms. The van der Waals surface area contributed by atoms with Gasteiger partial charge in [-0.1, -0.05) is 48.6 Å². The molecule has 3 rings (SSSR count). The Labute approximate surface area is 159 Å². The van der Waals surface area contributed by atoms with E-state index in [9.17, 15) is 9.59 Å². The van der Waals surface area contributed by atoms with Crippen molar-refractivity contribution in [2.45, 2.75) is 26.4 Å². The largest absolute Gasteiger partial charge is 0.445 e. The summed E-state index contributed by atoms with van der Waals surface area (Å²) in [5.41, 5.74) is 4.29. The first kappa shape index (κ1) is 18.7. The number of hydrogen-bond donors (Lipinski definition) is 1. The van der Waals surface area contributed by atoms with Crippen LogP contribution >= 0.6 is 0 Å². The number of amides is 2. The SMILES string of the molecule is CC(=O)N1CCc2cc(C=CCCNC(=O)OCc3ccccc3)ccc21. The molecule has 2 aromatic rings. The molecule has 0 aliphatic carbocycles. The number of nitrogens with zero attached hydrogens (tertiary/aromatic N) is 1. The molecule has 1 heterocycles. The zero-order valence-corrected chi connectivity index (χ0v) is 15.5. The molecule has 140 valence electrons. The molecule has 0 aromatic heterocycles. The highest BCUT2D eigenvalue weighted by atomic mass is 16.5. The molecule has 2 aromatic carbocycles. The van der Waals surface area contributed by atoms with E-state index in [0.29, 0.717) is 6.54 Å². The summed E-state index contributed by atoms with van der Waals surface area (Å²) in [4.78, 5) is 25.1. The van der Waals surface area contributed by atoms with Gasteiger partial charge >= 0.3 is 6.09 Å². The maximum absolute atomic E-state index is 11.7. The van der Waals surface area contributed by atoms with Crippen LogP contribution in [0.5, 0.6) is 0 Å². The van der Waals surface area contributed by atoms with Gasteiger partial charge in [-0.2, -0.15) is 0 Å². The highest BCUT2D eigenvalue weighted by molar-refractivity contribution is 5.93. The van der Waals surface area contributed by atoms with E-state index >= 15 is 0 Å². The van der Waals surface area contributed by atoms with E-state index in [-0.39, 0.29) is 12.5 Å². The number of alkyl carbamates (subject to hydrolysis) is 1. The Bertz CT molecular complexity index is 831. The molecule has 1 N–H and O–H groups in total. The number of ether oxygens (including phenoxy) is 1. The maximum Gasteiger partial charge on any atom is 0.407 e. The fourth-order valence-corrected chi connectivity index (χ4v) is 3.10. The first-order valence-corrected chi connectivity index (χ1v) is 9.15. The van der Waals surface area contributed by atoms with Crippen LogP contribution in [0.3, 0.4) is 0 Å². The van der Waals surface area contributed by atoms with Crippen LogP contribution in [0, 0.1) is 0 Å². The molecule has 0 unspecified atom stereocenters. The highest BCUT2D eigenvalue weighted by Gasteiger charge is 2.21. The third kappa shape index (κ3) is 5.20. The molecular formula is C22H24N2O3. The Morgan fingerprint density at radius 2 is 2.00 bits per heavy atom. The average molecular weight is 364 g/mol. The normalized spacial score (nSPS) is 12.9. The topological polar surface area (TPSA) is 58.6 Å². The molecule has 0 fully saturated rings. The molecule has 0 atom stereocenters. The molecule has 0 saturated heterocycles. The summed E-state index contributed by atoms with van der Waals surface area (Å²) >= 11 is 0. The fraction of sp³-hybridized carbons (Fsp3) is 0.273. The van der Waals surface area contributed by atoms with Crippen LogP contribution in [-0.2, 0) is 22.6 Å². The summed E-state index contributed by atoms with van der Waals surface area (Å²) in [7, 11) is 0. The highest BCUT2D eigenvalue weighted by Crippen LogP contribution is 2.29. The van der Waals surface area contributed by atoms with Gasteiger partial charge < -0.3 is 15.0 Å². The zero-order valence-electron chi connectivity index (χ0n) is 15.5. The van der Waals surface area contributed by atoms with Gasteiger partial charge in [0.1, 0.15) is 6.61 Å². The first-order chi connectivity index (χ1) is 13.1. The number of benzene rings is 2. The van der Waals surface area contributed by atoms with Gasteiger partial charge in [-0.05, 0) is 41.7 Å². The Morgan fingerprint density at radius 1 is 1.19 bits per heavy atom. The summed E-state index contributed by atoms with van der Waals surface area (Å²) in [6, 6.07) is 15.7. The third-order valence-electron chi connectivity index (χ3n) is 4.48. The quantitative estimate of drug-likeness (QED) is 0.790. The summed E-state index contributed by atoms with van der Waals surface area (Å²) in [5.74, 6) is 0.0854. The summed E-state index contributed by atoms with van der Waals surface area (Å²) in [5, 5.41) is 2.74. The monoisotopic (exact) mass is 364 g/mol. The van der Waals surface area contributed by atoms with Gasteiger partial charge in [0.15, 0.2) is 0 Å². The van der Waals surface area contributed by atoms with Gasteiger partial charge in [-0.3, -0.25) is 4.79 Å². The van der Waals surface area contributed by atoms with E-state index in [4.69, 9.17) is 4.74 Å². The van der Waals surface area contributed by atoms with Crippen molar-refractivity contribution in [1.82, 2.24) is 5.32 Å². The standard InChI is InChI=1S/C22H24N2O3/c1-17(25)24-14-12-20-15-18(10-11-21(20)24)7-5-6-13-23-22(26)27-16-19-8-3-2-4-9-19/h2-5,7-11,15H,6,12-14,16H2,1H3,(H,23,26). The maximum atomic E-state index is 11.7. The molecule has 1 aliphatic heterocycles. The van der Waals surface area contributed by atoms with Crippen molar-refractivity contribution < 1.29 is 14.3 Å². The number of hydrogen-bond acceptors (Lipinski definition) is 3. The van der Waals surface area contributed by atoms with E-state index in [2.05, 4.69) is 11.4 Å². The molecule has 0 saturated carbocycles. The van der Waals surface area contributed by atoms with Crippen molar-refractivity contribution in [3.05, 3.63) is 71.3 Å². The fourth-order valence-electron chi connectivity index (χ4n) is 3.10. The van der Waals surface area contributed by atoms with Crippen molar-refractivity contribution in [3.8, 4) is 0 Å². The summed E-state index contributed by atoms with van der Waals surface area (Å²) in [6.45, 7) is 3.15. The average Bonchev–Trinajstić information content (AvgIpc) is 3.10. The minimum Gasteiger partial charge on any atom is -0.445 e. The number of anilines is 1. The minimum absolute atomic E-state index is 0.0854. The summed E-state index contributed by atoms with van der Waals surface area (Å²) < 4.78 is 5.17. The molecular weight excluding hydrogens is 340 g/mol. The van der Waals surface area contributed by atoms with E-state index in [1.165, 1.54) is 5.56 Å². The second-order valence-corrected chi connectivity index (χ2v) is 6.49. The Kier molecular flexibility index (Phi) is 6.26. The van der Waals surface area contributed by atoms with Crippen LogP contribution < -0.4 is 10.2 Å². The predicted octanol–water partition coefficient (Wildman–Crippen LogP) is 3.93. The number of rotatable bonds is 6.